The number of amides is 3. The molecule has 25 heavy (non-hydrogen) atoms. The number of nitrogens with zero attached hydrogens (tertiary/aromatic N) is 1. The van der Waals surface area contributed by atoms with Crippen molar-refractivity contribution in [1.82, 2.24) is 4.90 Å². The van der Waals surface area contributed by atoms with Crippen molar-refractivity contribution in [2.75, 3.05) is 11.9 Å². The van der Waals surface area contributed by atoms with Crippen molar-refractivity contribution >= 4 is 46.6 Å². The van der Waals surface area contributed by atoms with E-state index in [1.807, 2.05) is 0 Å². The number of nitrogens with one attached hydrogen (secondary N) is 1. The zero-order valence-electron chi connectivity index (χ0n) is 13.2. The second kappa shape index (κ2) is 6.15. The van der Waals surface area contributed by atoms with Gasteiger partial charge in [-0.25, -0.2) is 0 Å². The number of fused-ring (bicyclic) bond motifs is 5. The fourth-order valence-corrected chi connectivity index (χ4v) is 4.49. The molecule has 3 aliphatic rings. The largest absolute Gasteiger partial charge is 0.326 e. The maximum absolute atomic E-state index is 12.5. The number of carbonyl (C=O) groups is 3. The number of carbonyl (C=O) groups excluding carboxylic acids is 3. The zero-order valence-corrected chi connectivity index (χ0v) is 14.8. The van der Waals surface area contributed by atoms with Gasteiger partial charge in [-0.15, -0.1) is 0 Å². The molecule has 2 bridgehead atoms. The van der Waals surface area contributed by atoms with Gasteiger partial charge in [-0.2, -0.15) is 0 Å². The van der Waals surface area contributed by atoms with Gasteiger partial charge in [0.15, 0.2) is 0 Å². The van der Waals surface area contributed by atoms with Crippen molar-refractivity contribution in [3.8, 4) is 0 Å². The number of hydrogen-bond donors (Lipinski definition) is 1. The molecule has 1 aromatic rings. The maximum atomic E-state index is 12.5. The van der Waals surface area contributed by atoms with Crippen molar-refractivity contribution in [3.63, 3.8) is 0 Å². The molecule has 1 saturated carbocycles. The summed E-state index contributed by atoms with van der Waals surface area (Å²) in [5, 5.41) is 3.45. The minimum absolute atomic E-state index is 0.0555. The maximum Gasteiger partial charge on any atom is 0.233 e. The molecule has 7 heteroatoms. The summed E-state index contributed by atoms with van der Waals surface area (Å²) in [5.74, 6) is -0.621. The van der Waals surface area contributed by atoms with Crippen LogP contribution in [0, 0.1) is 23.7 Å². The van der Waals surface area contributed by atoms with Crippen molar-refractivity contribution in [1.29, 1.82) is 0 Å². The van der Waals surface area contributed by atoms with Gasteiger partial charge >= 0.3 is 0 Å². The number of hydrogen-bond acceptors (Lipinski definition) is 3. The second-order valence-corrected chi connectivity index (χ2v) is 7.57. The van der Waals surface area contributed by atoms with Gasteiger partial charge in [0.25, 0.3) is 0 Å². The highest BCUT2D eigenvalue weighted by atomic mass is 35.5. The average Bonchev–Trinajstić information content (AvgIpc) is 3.24. The SMILES string of the molecule is O=C(CCN1C(=O)[C@@H]2[C@H](C1=O)[C@H]1C=C[C@H]2C1)Nc1ccc(Cl)c(Cl)c1. The molecular weight excluding hydrogens is 363 g/mol. The number of allylic oxidation sites excluding steroid dienone is 2. The molecule has 1 aromatic carbocycles. The Bertz CT molecular complexity index is 778. The summed E-state index contributed by atoms with van der Waals surface area (Å²) in [6.07, 6.45) is 5.06. The molecule has 4 rings (SSSR count). The molecule has 2 aliphatic carbocycles. The van der Waals surface area contributed by atoms with E-state index >= 15 is 0 Å². The normalized spacial score (nSPS) is 29.4. The van der Waals surface area contributed by atoms with Crippen molar-refractivity contribution in [3.05, 3.63) is 40.4 Å². The monoisotopic (exact) mass is 378 g/mol. The molecule has 1 heterocycles. The third-order valence-electron chi connectivity index (χ3n) is 5.33. The van der Waals surface area contributed by atoms with Crippen LogP contribution >= 0.6 is 23.2 Å². The Kier molecular flexibility index (Phi) is 4.08. The lowest BCUT2D eigenvalue weighted by atomic mass is 9.85. The molecule has 0 spiro atoms. The summed E-state index contributed by atoms with van der Waals surface area (Å²) < 4.78 is 0. The fraction of sp³-hybridized carbons (Fsp3) is 0.389. The van der Waals surface area contributed by atoms with E-state index in [2.05, 4.69) is 17.5 Å². The van der Waals surface area contributed by atoms with Crippen LogP contribution in [0.15, 0.2) is 30.4 Å². The van der Waals surface area contributed by atoms with Gasteiger partial charge < -0.3 is 5.32 Å². The van der Waals surface area contributed by atoms with Crippen LogP contribution in [0.5, 0.6) is 0 Å². The topological polar surface area (TPSA) is 66.5 Å². The fourth-order valence-electron chi connectivity index (χ4n) is 4.20. The van der Waals surface area contributed by atoms with E-state index in [0.29, 0.717) is 15.7 Å². The Balaban J connectivity index is 1.37. The summed E-state index contributed by atoms with van der Waals surface area (Å²) >= 11 is 11.8. The summed E-state index contributed by atoms with van der Waals surface area (Å²) in [4.78, 5) is 38.5. The number of benzene rings is 1. The highest BCUT2D eigenvalue weighted by Gasteiger charge is 2.58. The number of anilines is 1. The summed E-state index contributed by atoms with van der Waals surface area (Å²) in [7, 11) is 0. The molecule has 3 amide bonds. The van der Waals surface area contributed by atoms with Crippen molar-refractivity contribution < 1.29 is 14.4 Å². The molecule has 0 aromatic heterocycles. The molecule has 0 radical (unpaired) electrons. The predicted molar refractivity (Wildman–Crippen MR) is 94.1 cm³/mol. The van der Waals surface area contributed by atoms with Crippen LogP contribution in [-0.2, 0) is 14.4 Å². The smallest absolute Gasteiger partial charge is 0.233 e. The second-order valence-electron chi connectivity index (χ2n) is 6.76. The molecule has 1 aliphatic heterocycles. The van der Waals surface area contributed by atoms with Gasteiger partial charge in [0.2, 0.25) is 17.7 Å². The molecule has 130 valence electrons. The summed E-state index contributed by atoms with van der Waals surface area (Å²) in [6.45, 7) is 0.108. The van der Waals surface area contributed by atoms with Gasteiger partial charge in [-0.1, -0.05) is 35.4 Å². The number of rotatable bonds is 4. The minimum atomic E-state index is -0.280. The Hall–Kier alpha value is -1.85. The first-order valence-corrected chi connectivity index (χ1v) is 9.00. The van der Waals surface area contributed by atoms with Crippen molar-refractivity contribution in [2.24, 2.45) is 23.7 Å². The zero-order chi connectivity index (χ0) is 17.7. The van der Waals surface area contributed by atoms with E-state index in [0.717, 1.165) is 6.42 Å². The number of likely N-dealkylation sites (tertiary alicyclic amines) is 1. The van der Waals surface area contributed by atoms with Crippen LogP contribution in [0.4, 0.5) is 5.69 Å². The first-order valence-electron chi connectivity index (χ1n) is 8.24. The average molecular weight is 379 g/mol. The lowest BCUT2D eigenvalue weighted by molar-refractivity contribution is -0.140. The molecule has 2 fully saturated rings. The predicted octanol–water partition coefficient (Wildman–Crippen LogP) is 3.13. The van der Waals surface area contributed by atoms with E-state index in [4.69, 9.17) is 23.2 Å². The van der Waals surface area contributed by atoms with Crippen LogP contribution in [0.2, 0.25) is 10.0 Å². The lowest BCUT2D eigenvalue weighted by Crippen LogP contribution is -2.35. The van der Waals surface area contributed by atoms with E-state index in [1.54, 1.807) is 18.2 Å². The number of imide groups is 1. The Labute approximate surface area is 155 Å². The number of halogens is 2. The van der Waals surface area contributed by atoms with Gasteiger partial charge in [0.05, 0.1) is 21.9 Å². The standard InChI is InChI=1S/C18H16Cl2N2O3/c19-12-4-3-11(8-13(12)20)21-14(23)5-6-22-17(24)15-9-1-2-10(7-9)16(15)18(22)25/h1-4,8-10,15-16H,5-7H2,(H,21,23)/t9-,10-,15-,16+/m0/s1. The Morgan fingerprint density at radius 3 is 2.32 bits per heavy atom. The lowest BCUT2D eigenvalue weighted by Gasteiger charge is -2.17. The molecule has 0 unspecified atom stereocenters. The first kappa shape index (κ1) is 16.6. The van der Waals surface area contributed by atoms with Crippen LogP contribution < -0.4 is 5.32 Å². The minimum Gasteiger partial charge on any atom is -0.326 e. The van der Waals surface area contributed by atoms with E-state index in [-0.39, 0.29) is 54.4 Å². The van der Waals surface area contributed by atoms with Crippen LogP contribution in [-0.4, -0.2) is 29.2 Å². The summed E-state index contributed by atoms with van der Waals surface area (Å²) in [6, 6.07) is 4.80. The molecular formula is C18H16Cl2N2O3. The molecule has 1 saturated heterocycles. The van der Waals surface area contributed by atoms with E-state index in [9.17, 15) is 14.4 Å². The van der Waals surface area contributed by atoms with Crippen LogP contribution in [0.1, 0.15) is 12.8 Å². The Morgan fingerprint density at radius 2 is 1.72 bits per heavy atom. The third kappa shape index (κ3) is 2.75. The summed E-state index contributed by atoms with van der Waals surface area (Å²) in [5.41, 5.74) is 0.526. The quantitative estimate of drug-likeness (QED) is 0.646. The van der Waals surface area contributed by atoms with Crippen molar-refractivity contribution in [2.45, 2.75) is 12.8 Å². The highest BCUT2D eigenvalue weighted by Crippen LogP contribution is 2.52. The van der Waals surface area contributed by atoms with E-state index < -0.39 is 0 Å². The third-order valence-corrected chi connectivity index (χ3v) is 6.07. The molecule has 4 atom stereocenters. The van der Waals surface area contributed by atoms with Gasteiger partial charge in [0.1, 0.15) is 0 Å². The highest BCUT2D eigenvalue weighted by molar-refractivity contribution is 6.42. The van der Waals surface area contributed by atoms with Crippen LogP contribution in [0.3, 0.4) is 0 Å². The molecule has 1 N–H and O–H groups in total. The van der Waals surface area contributed by atoms with Crippen LogP contribution in [0.25, 0.3) is 0 Å². The van der Waals surface area contributed by atoms with Gasteiger partial charge in [-0.3, -0.25) is 19.3 Å². The Morgan fingerprint density at radius 1 is 1.08 bits per heavy atom. The van der Waals surface area contributed by atoms with Gasteiger partial charge in [-0.05, 0) is 36.5 Å². The molecule has 5 nitrogen and oxygen atoms in total. The van der Waals surface area contributed by atoms with Gasteiger partial charge in [0, 0.05) is 18.7 Å². The van der Waals surface area contributed by atoms with E-state index in [1.165, 1.54) is 4.90 Å². The first-order chi connectivity index (χ1) is 12.0.